The maximum atomic E-state index is 13.0. The molecule has 1 aliphatic carbocycles. The fourth-order valence-electron chi connectivity index (χ4n) is 3.09. The summed E-state index contributed by atoms with van der Waals surface area (Å²) in [7, 11) is 0. The first kappa shape index (κ1) is 17.1. The van der Waals surface area contributed by atoms with Crippen molar-refractivity contribution in [3.05, 3.63) is 18.6 Å². The molecule has 0 aliphatic heterocycles. The van der Waals surface area contributed by atoms with Gasteiger partial charge in [-0.15, -0.1) is 5.10 Å². The van der Waals surface area contributed by atoms with Gasteiger partial charge in [0.25, 0.3) is 5.91 Å². The average molecular weight is 347 g/mol. The molecular formula is C15H21N7O3. The Hall–Kier alpha value is -2.78. The number of amides is 1. The Labute approximate surface area is 144 Å². The van der Waals surface area contributed by atoms with E-state index < -0.39 is 17.0 Å². The fraction of sp³-hybridized carbons (Fsp3) is 0.600. The van der Waals surface area contributed by atoms with E-state index >= 15 is 0 Å². The van der Waals surface area contributed by atoms with E-state index in [-0.39, 0.29) is 5.91 Å². The number of aliphatic carboxylic acids is 1. The number of nitrogens with one attached hydrogen (secondary N) is 1. The molecule has 0 radical (unpaired) electrons. The number of nitrogens with zero attached hydrogens (tertiary/aromatic N) is 6. The predicted octanol–water partition coefficient (Wildman–Crippen LogP) is 0.987. The summed E-state index contributed by atoms with van der Waals surface area (Å²) in [5.41, 5.74) is -2.05. The van der Waals surface area contributed by atoms with Crippen LogP contribution in [0.3, 0.4) is 0 Å². The summed E-state index contributed by atoms with van der Waals surface area (Å²) in [6.07, 6.45) is 7.17. The highest BCUT2D eigenvalue weighted by atomic mass is 16.4. The molecular weight excluding hydrogens is 326 g/mol. The number of carboxylic acids is 1. The summed E-state index contributed by atoms with van der Waals surface area (Å²) in [6.45, 7) is 3.08. The summed E-state index contributed by atoms with van der Waals surface area (Å²) in [4.78, 5) is 24.3. The van der Waals surface area contributed by atoms with Gasteiger partial charge in [0.1, 0.15) is 11.9 Å². The third-order valence-electron chi connectivity index (χ3n) is 4.82. The molecule has 2 aromatic rings. The van der Waals surface area contributed by atoms with Crippen LogP contribution < -0.4 is 5.32 Å². The highest BCUT2D eigenvalue weighted by Gasteiger charge is 2.43. The molecule has 0 aromatic carbocycles. The summed E-state index contributed by atoms with van der Waals surface area (Å²) in [5.74, 6) is -0.943. The molecule has 0 saturated heterocycles. The molecule has 25 heavy (non-hydrogen) atoms. The van der Waals surface area contributed by atoms with Crippen LogP contribution in [0, 0.1) is 0 Å². The predicted molar refractivity (Wildman–Crippen MR) is 86.7 cm³/mol. The smallest absolute Gasteiger partial charge is 0.331 e. The molecule has 2 heterocycles. The monoisotopic (exact) mass is 347 g/mol. The summed E-state index contributed by atoms with van der Waals surface area (Å²) >= 11 is 0. The highest BCUT2D eigenvalue weighted by Crippen LogP contribution is 2.35. The van der Waals surface area contributed by atoms with Gasteiger partial charge in [-0.1, -0.05) is 19.3 Å². The fourth-order valence-corrected chi connectivity index (χ4v) is 3.09. The van der Waals surface area contributed by atoms with Crippen LogP contribution in [0.5, 0.6) is 0 Å². The number of hydrogen-bond acceptors (Lipinski definition) is 6. The van der Waals surface area contributed by atoms with E-state index in [9.17, 15) is 14.7 Å². The molecule has 2 N–H and O–H groups in total. The van der Waals surface area contributed by atoms with Gasteiger partial charge in [-0.3, -0.25) is 9.48 Å². The van der Waals surface area contributed by atoms with Crippen LogP contribution in [0.15, 0.2) is 18.6 Å². The minimum Gasteiger partial charge on any atom is -0.479 e. The topological polar surface area (TPSA) is 128 Å². The van der Waals surface area contributed by atoms with Crippen molar-refractivity contribution >= 4 is 17.7 Å². The van der Waals surface area contributed by atoms with Crippen LogP contribution in [-0.4, -0.2) is 47.0 Å². The van der Waals surface area contributed by atoms with E-state index in [0.717, 1.165) is 19.3 Å². The molecule has 0 spiro atoms. The quantitative estimate of drug-likeness (QED) is 0.825. The lowest BCUT2D eigenvalue weighted by molar-refractivity contribution is -0.146. The molecule has 1 amide bonds. The number of rotatable bonds is 5. The van der Waals surface area contributed by atoms with Crippen LogP contribution in [0.4, 0.5) is 5.82 Å². The van der Waals surface area contributed by atoms with E-state index in [2.05, 4.69) is 25.9 Å². The maximum Gasteiger partial charge on any atom is 0.331 e. The van der Waals surface area contributed by atoms with E-state index in [4.69, 9.17) is 0 Å². The Kier molecular flexibility index (Phi) is 4.27. The van der Waals surface area contributed by atoms with E-state index in [1.807, 2.05) is 0 Å². The lowest BCUT2D eigenvalue weighted by Crippen LogP contribution is -2.47. The van der Waals surface area contributed by atoms with Crippen molar-refractivity contribution < 1.29 is 14.7 Å². The van der Waals surface area contributed by atoms with Gasteiger partial charge in [0, 0.05) is 12.3 Å². The second-order valence-electron chi connectivity index (χ2n) is 6.81. The largest absolute Gasteiger partial charge is 0.479 e. The summed E-state index contributed by atoms with van der Waals surface area (Å²) < 4.78 is 2.83. The van der Waals surface area contributed by atoms with Crippen molar-refractivity contribution in [2.45, 2.75) is 57.0 Å². The zero-order valence-electron chi connectivity index (χ0n) is 14.2. The lowest BCUT2D eigenvalue weighted by atomic mass is 9.81. The minimum absolute atomic E-state index is 0.238. The second-order valence-corrected chi connectivity index (χ2v) is 6.81. The number of carbonyl (C=O) groups is 2. The molecule has 1 saturated carbocycles. The summed E-state index contributed by atoms with van der Waals surface area (Å²) in [6, 6.07) is 1.58. The minimum atomic E-state index is -1.21. The molecule has 0 unspecified atom stereocenters. The SMILES string of the molecule is CC(C)(C(=O)O)n1ccc(NC(=O)C2(n3cnnn3)CCCCC2)n1. The third kappa shape index (κ3) is 2.99. The molecule has 1 aliphatic rings. The van der Waals surface area contributed by atoms with Crippen molar-refractivity contribution in [3.63, 3.8) is 0 Å². The van der Waals surface area contributed by atoms with Crippen molar-refractivity contribution in [2.75, 3.05) is 5.32 Å². The van der Waals surface area contributed by atoms with Crippen molar-refractivity contribution in [3.8, 4) is 0 Å². The van der Waals surface area contributed by atoms with E-state index in [1.54, 1.807) is 6.07 Å². The Bertz CT molecular complexity index is 760. The Balaban J connectivity index is 1.83. The molecule has 0 atom stereocenters. The lowest BCUT2D eigenvalue weighted by Gasteiger charge is -2.34. The molecule has 2 aromatic heterocycles. The zero-order valence-corrected chi connectivity index (χ0v) is 14.2. The van der Waals surface area contributed by atoms with Crippen LogP contribution in [0.1, 0.15) is 46.0 Å². The number of tetrazole rings is 1. The van der Waals surface area contributed by atoms with Crippen LogP contribution >= 0.6 is 0 Å². The van der Waals surface area contributed by atoms with Gasteiger partial charge in [-0.2, -0.15) is 5.10 Å². The number of hydrogen-bond donors (Lipinski definition) is 2. The Morgan fingerprint density at radius 2 is 2.00 bits per heavy atom. The van der Waals surface area contributed by atoms with E-state index in [1.165, 1.54) is 35.7 Å². The van der Waals surface area contributed by atoms with Gasteiger partial charge < -0.3 is 10.4 Å². The van der Waals surface area contributed by atoms with Crippen LogP contribution in [0.25, 0.3) is 0 Å². The van der Waals surface area contributed by atoms with Crippen LogP contribution in [-0.2, 0) is 20.7 Å². The molecule has 134 valence electrons. The maximum absolute atomic E-state index is 13.0. The summed E-state index contributed by atoms with van der Waals surface area (Å²) in [5, 5.41) is 27.5. The highest BCUT2D eigenvalue weighted by molar-refractivity contribution is 5.96. The molecule has 1 fully saturated rings. The zero-order chi connectivity index (χ0) is 18.1. The Morgan fingerprint density at radius 1 is 1.28 bits per heavy atom. The normalized spacial score (nSPS) is 17.2. The average Bonchev–Trinajstić information content (AvgIpc) is 3.27. The van der Waals surface area contributed by atoms with Gasteiger partial charge in [0.05, 0.1) is 0 Å². The molecule has 10 heteroatoms. The van der Waals surface area contributed by atoms with Gasteiger partial charge in [0.2, 0.25) is 0 Å². The number of anilines is 1. The van der Waals surface area contributed by atoms with Crippen molar-refractivity contribution in [2.24, 2.45) is 0 Å². The number of carbonyl (C=O) groups excluding carboxylic acids is 1. The first-order valence-electron chi connectivity index (χ1n) is 8.21. The van der Waals surface area contributed by atoms with Crippen molar-refractivity contribution in [1.82, 2.24) is 30.0 Å². The Morgan fingerprint density at radius 3 is 2.60 bits per heavy atom. The van der Waals surface area contributed by atoms with Gasteiger partial charge in [-0.05, 0) is 37.1 Å². The third-order valence-corrected chi connectivity index (χ3v) is 4.82. The standard InChI is InChI=1S/C15H21N7O3/c1-14(2,13(24)25)21-9-6-11(18-21)17-12(23)15(7-4-3-5-8-15)22-10-16-19-20-22/h6,9-10H,3-5,7-8H2,1-2H3,(H,24,25)(H,17,18,23). The first-order valence-corrected chi connectivity index (χ1v) is 8.21. The van der Waals surface area contributed by atoms with Gasteiger partial charge in [-0.25, -0.2) is 9.48 Å². The van der Waals surface area contributed by atoms with Gasteiger partial charge in [0.15, 0.2) is 11.4 Å². The molecule has 10 nitrogen and oxygen atoms in total. The molecule has 3 rings (SSSR count). The van der Waals surface area contributed by atoms with Crippen LogP contribution in [0.2, 0.25) is 0 Å². The first-order chi connectivity index (χ1) is 11.9. The number of carboxylic acid groups (broad SMARTS) is 1. The van der Waals surface area contributed by atoms with Crippen molar-refractivity contribution in [1.29, 1.82) is 0 Å². The van der Waals surface area contributed by atoms with Gasteiger partial charge >= 0.3 is 5.97 Å². The molecule has 0 bridgehead atoms. The van der Waals surface area contributed by atoms with E-state index in [0.29, 0.717) is 18.7 Å². The number of aromatic nitrogens is 6. The second kappa shape index (κ2) is 6.26.